The van der Waals surface area contributed by atoms with Crippen LogP contribution < -0.4 is 10.6 Å². The molecular formula is C50H60Br2F8N2O4S2Si2. The van der Waals surface area contributed by atoms with Gasteiger partial charge in [0.1, 0.15) is 11.6 Å². The van der Waals surface area contributed by atoms with E-state index in [0.717, 1.165) is 24.3 Å². The van der Waals surface area contributed by atoms with Gasteiger partial charge in [-0.05, 0) is 72.7 Å². The SMILES string of the molecule is CC(C)(C)[Si](C)(C)OC[C@@H](F)[C@](NC(=S)CC(=O)c1ccccc1)(c1cc(Br)ccc1F)C(F)F.CC(C)(C)[Si](C)(C)OC[C@H](F)[C@](NC(=S)CC(=O)c1ccccc1)(c1cc(Br)ccc1F)C(F)F. The molecule has 0 bridgehead atoms. The highest BCUT2D eigenvalue weighted by molar-refractivity contribution is 9.10. The van der Waals surface area contributed by atoms with Gasteiger partial charge in [-0.3, -0.25) is 9.59 Å². The van der Waals surface area contributed by atoms with E-state index in [-0.39, 0.29) is 29.0 Å². The molecule has 0 aliphatic carbocycles. The first kappa shape index (κ1) is 61.1. The third-order valence-electron chi connectivity index (χ3n) is 12.7. The first-order chi connectivity index (χ1) is 32.2. The van der Waals surface area contributed by atoms with Crippen LogP contribution >= 0.6 is 56.3 Å². The zero-order valence-corrected chi connectivity index (χ0v) is 47.4. The van der Waals surface area contributed by atoms with Crippen LogP contribution in [0.15, 0.2) is 106 Å². The normalized spacial score (nSPS) is 14.9. The molecule has 2 N–H and O–H groups in total. The van der Waals surface area contributed by atoms with Crippen LogP contribution in [0.1, 0.15) is 86.2 Å². The molecule has 0 saturated heterocycles. The molecule has 0 fully saturated rings. The van der Waals surface area contributed by atoms with Crippen LogP contribution in [0.25, 0.3) is 0 Å². The van der Waals surface area contributed by atoms with E-state index >= 15 is 8.78 Å². The van der Waals surface area contributed by atoms with E-state index in [1.54, 1.807) is 60.7 Å². The van der Waals surface area contributed by atoms with Gasteiger partial charge >= 0.3 is 0 Å². The molecule has 4 atom stereocenters. The van der Waals surface area contributed by atoms with Crippen LogP contribution in [0.5, 0.6) is 0 Å². The number of Topliss-reactive ketones (excluding diaryl/α,β-unsaturated/α-hetero) is 2. The molecule has 0 amide bonds. The summed E-state index contributed by atoms with van der Waals surface area (Å²) in [4.78, 5) is 24.5. The Balaban J connectivity index is 0.000000370. The lowest BCUT2D eigenvalue weighted by Crippen LogP contribution is -2.60. The van der Waals surface area contributed by atoms with Gasteiger partial charge in [-0.1, -0.05) is 159 Å². The maximum atomic E-state index is 15.9. The maximum Gasteiger partial charge on any atom is 0.268 e. The highest BCUT2D eigenvalue weighted by atomic mass is 79.9. The van der Waals surface area contributed by atoms with Gasteiger partial charge in [0.2, 0.25) is 0 Å². The van der Waals surface area contributed by atoms with E-state index in [1.807, 2.05) is 67.7 Å². The summed E-state index contributed by atoms with van der Waals surface area (Å²) in [6, 6.07) is 23.1. The molecule has 0 radical (unpaired) electrons. The van der Waals surface area contributed by atoms with Crippen molar-refractivity contribution >= 4 is 94.5 Å². The fraction of sp³-hybridized carbons (Fsp3) is 0.440. The number of halogens is 10. The van der Waals surface area contributed by atoms with Gasteiger partial charge in [-0.25, -0.2) is 35.1 Å². The predicted molar refractivity (Wildman–Crippen MR) is 282 cm³/mol. The number of ketones is 2. The molecule has 0 spiro atoms. The smallest absolute Gasteiger partial charge is 0.268 e. The maximum absolute atomic E-state index is 15.9. The minimum absolute atomic E-state index is 0.282. The molecular weight excluding hydrogens is 1120 g/mol. The number of rotatable bonds is 20. The fourth-order valence-electron chi connectivity index (χ4n) is 6.43. The average Bonchev–Trinajstić information content (AvgIpc) is 3.27. The number of carbonyl (C=O) groups excluding carboxylic acids is 2. The summed E-state index contributed by atoms with van der Waals surface area (Å²) >= 11 is 16.7. The molecule has 0 aliphatic rings. The number of nitrogens with one attached hydrogen (secondary N) is 2. The summed E-state index contributed by atoms with van der Waals surface area (Å²) in [5.74, 6) is -2.94. The third-order valence-corrected chi connectivity index (χ3v) is 23.2. The van der Waals surface area contributed by atoms with Crippen molar-refractivity contribution in [1.82, 2.24) is 10.6 Å². The van der Waals surface area contributed by atoms with Crippen molar-refractivity contribution in [3.63, 3.8) is 0 Å². The van der Waals surface area contributed by atoms with Gasteiger partial charge in [-0.15, -0.1) is 0 Å². The minimum Gasteiger partial charge on any atom is -0.414 e. The van der Waals surface area contributed by atoms with Crippen molar-refractivity contribution in [2.24, 2.45) is 0 Å². The molecule has 0 aliphatic heterocycles. The molecule has 70 heavy (non-hydrogen) atoms. The molecule has 20 heteroatoms. The number of hydrogen-bond acceptors (Lipinski definition) is 6. The summed E-state index contributed by atoms with van der Waals surface area (Å²) in [6.45, 7) is 17.6. The zero-order valence-electron chi connectivity index (χ0n) is 40.6. The Hall–Kier alpha value is -3.25. The number of alkyl halides is 6. The first-order valence-electron chi connectivity index (χ1n) is 22.1. The summed E-state index contributed by atoms with van der Waals surface area (Å²) in [6.07, 6.45) is -12.5. The van der Waals surface area contributed by atoms with E-state index in [9.17, 15) is 35.9 Å². The topological polar surface area (TPSA) is 76.7 Å². The van der Waals surface area contributed by atoms with Crippen molar-refractivity contribution < 1.29 is 53.6 Å². The van der Waals surface area contributed by atoms with Crippen LogP contribution in [0.3, 0.4) is 0 Å². The van der Waals surface area contributed by atoms with Crippen LogP contribution in [-0.2, 0) is 19.9 Å². The molecule has 0 unspecified atom stereocenters. The standard InChI is InChI=1S/2C25H30BrF4NO2SSi/c2*1-24(2,3)35(4,5)33-15-21(28)25(23(29)30,18-13-17(26)11-12-19(18)27)31-22(34)14-20(32)16-9-7-6-8-10-16/h2*6-13,21,23H,14-15H2,1-5H3,(H,31,34)/t21-,25+;21-,25-/m01/s1. The minimum atomic E-state index is -3.42. The summed E-state index contributed by atoms with van der Waals surface area (Å²) < 4.78 is 133. The van der Waals surface area contributed by atoms with Crippen LogP contribution in [0, 0.1) is 11.6 Å². The molecule has 4 rings (SSSR count). The predicted octanol–water partition coefficient (Wildman–Crippen LogP) is 15.2. The molecule has 384 valence electrons. The van der Waals surface area contributed by atoms with Gasteiger partial charge in [0.15, 0.2) is 51.6 Å². The second-order valence-electron chi connectivity index (χ2n) is 19.7. The molecule has 0 saturated carbocycles. The van der Waals surface area contributed by atoms with Gasteiger partial charge in [-0.2, -0.15) is 0 Å². The number of benzene rings is 4. The van der Waals surface area contributed by atoms with Crippen molar-refractivity contribution in [2.75, 3.05) is 13.2 Å². The average molecular weight is 1190 g/mol. The quantitative estimate of drug-likeness (QED) is 0.0392. The second-order valence-corrected chi connectivity index (χ2v) is 32.1. The monoisotopic (exact) mass is 1180 g/mol. The zero-order chi connectivity index (χ0) is 53.2. The van der Waals surface area contributed by atoms with Crippen LogP contribution in [0.2, 0.25) is 36.3 Å². The van der Waals surface area contributed by atoms with Gasteiger partial charge in [0.05, 0.1) is 36.0 Å². The molecule has 4 aromatic rings. The number of hydrogen-bond donors (Lipinski definition) is 2. The largest absolute Gasteiger partial charge is 0.414 e. The van der Waals surface area contributed by atoms with E-state index in [0.29, 0.717) is 11.1 Å². The van der Waals surface area contributed by atoms with Crippen molar-refractivity contribution in [1.29, 1.82) is 0 Å². The Labute approximate surface area is 436 Å². The number of carbonyl (C=O) groups is 2. The highest BCUT2D eigenvalue weighted by Crippen LogP contribution is 2.43. The molecule has 0 heterocycles. The van der Waals surface area contributed by atoms with Crippen LogP contribution in [0.4, 0.5) is 35.1 Å². The lowest BCUT2D eigenvalue weighted by molar-refractivity contribution is -0.0304. The fourth-order valence-corrected chi connectivity index (χ4v) is 9.74. The van der Waals surface area contributed by atoms with Gasteiger partial charge in [0.25, 0.3) is 12.9 Å². The highest BCUT2D eigenvalue weighted by Gasteiger charge is 2.54. The Kier molecular flexibility index (Phi) is 21.9. The van der Waals surface area contributed by atoms with Gasteiger partial charge < -0.3 is 19.5 Å². The van der Waals surface area contributed by atoms with E-state index < -0.39 is 113 Å². The Morgan fingerprint density at radius 1 is 0.557 bits per heavy atom. The number of thiocarbonyl (C=S) groups is 2. The van der Waals surface area contributed by atoms with Crippen molar-refractivity contribution in [3.05, 3.63) is 140 Å². The van der Waals surface area contributed by atoms with Crippen molar-refractivity contribution in [3.8, 4) is 0 Å². The molecule has 0 aromatic heterocycles. The summed E-state index contributed by atoms with van der Waals surface area (Å²) in [5, 5.41) is 4.10. The Morgan fingerprint density at radius 2 is 0.857 bits per heavy atom. The summed E-state index contributed by atoms with van der Waals surface area (Å²) in [5.41, 5.74) is -6.31. The molecule has 4 aromatic carbocycles. The van der Waals surface area contributed by atoms with Crippen molar-refractivity contribution in [2.45, 2.75) is 127 Å². The van der Waals surface area contributed by atoms with E-state index in [1.165, 1.54) is 12.1 Å². The van der Waals surface area contributed by atoms with E-state index in [2.05, 4.69) is 42.5 Å². The Bertz CT molecular complexity index is 2270. The second kappa shape index (κ2) is 25.1. The third kappa shape index (κ3) is 15.4. The molecule has 6 nitrogen and oxygen atoms in total. The lowest BCUT2D eigenvalue weighted by atomic mass is 9.84. The Morgan fingerprint density at radius 3 is 1.13 bits per heavy atom. The summed E-state index contributed by atoms with van der Waals surface area (Å²) in [7, 11) is -5.04. The van der Waals surface area contributed by atoms with Crippen LogP contribution in [-0.4, -0.2) is 76.6 Å². The lowest BCUT2D eigenvalue weighted by Gasteiger charge is -2.41. The van der Waals surface area contributed by atoms with E-state index in [4.69, 9.17) is 33.3 Å². The van der Waals surface area contributed by atoms with Gasteiger partial charge in [0, 0.05) is 31.2 Å². The first-order valence-corrected chi connectivity index (χ1v) is 30.3.